The summed E-state index contributed by atoms with van der Waals surface area (Å²) in [6.07, 6.45) is 0. The van der Waals surface area contributed by atoms with Crippen molar-refractivity contribution in [2.45, 2.75) is 32.7 Å². The van der Waals surface area contributed by atoms with Crippen molar-refractivity contribution in [1.82, 2.24) is 5.32 Å². The van der Waals surface area contributed by atoms with Crippen LogP contribution >= 0.6 is 15.9 Å². The van der Waals surface area contributed by atoms with Gasteiger partial charge in [-0.3, -0.25) is 0 Å². The van der Waals surface area contributed by atoms with Crippen molar-refractivity contribution in [3.05, 3.63) is 69.4 Å². The van der Waals surface area contributed by atoms with Gasteiger partial charge in [-0.1, -0.05) is 67.0 Å². The van der Waals surface area contributed by atoms with Gasteiger partial charge in [0.1, 0.15) is 5.82 Å². The largest absolute Gasteiger partial charge is 0.306 e. The highest BCUT2D eigenvalue weighted by molar-refractivity contribution is 9.10. The Morgan fingerprint density at radius 1 is 1.05 bits per heavy atom. The average molecular weight is 350 g/mol. The van der Waals surface area contributed by atoms with Gasteiger partial charge in [0.2, 0.25) is 0 Å². The summed E-state index contributed by atoms with van der Waals surface area (Å²) in [4.78, 5) is 0. The van der Waals surface area contributed by atoms with E-state index in [-0.39, 0.29) is 11.9 Å². The number of hydrogen-bond donors (Lipinski definition) is 1. The SMILES string of the molecule is CCNC(c1ccc(C(C)C)cc1)c1ccc(F)cc1Br. The summed E-state index contributed by atoms with van der Waals surface area (Å²) >= 11 is 3.47. The third-order valence-corrected chi connectivity index (χ3v) is 4.30. The lowest BCUT2D eigenvalue weighted by atomic mass is 9.95. The van der Waals surface area contributed by atoms with Crippen LogP contribution in [-0.2, 0) is 0 Å². The first kappa shape index (κ1) is 16.2. The Labute approximate surface area is 134 Å². The van der Waals surface area contributed by atoms with Crippen molar-refractivity contribution in [3.63, 3.8) is 0 Å². The predicted molar refractivity (Wildman–Crippen MR) is 90.2 cm³/mol. The molecule has 0 radical (unpaired) electrons. The Balaban J connectivity index is 2.38. The van der Waals surface area contributed by atoms with Crippen LogP contribution in [0.1, 0.15) is 49.4 Å². The highest BCUT2D eigenvalue weighted by Gasteiger charge is 2.16. The molecule has 112 valence electrons. The molecule has 0 fully saturated rings. The first-order valence-electron chi connectivity index (χ1n) is 7.31. The molecule has 1 nitrogen and oxygen atoms in total. The first-order chi connectivity index (χ1) is 10.0. The smallest absolute Gasteiger partial charge is 0.124 e. The molecule has 0 heterocycles. The first-order valence-corrected chi connectivity index (χ1v) is 8.10. The number of nitrogens with one attached hydrogen (secondary N) is 1. The van der Waals surface area contributed by atoms with Crippen LogP contribution in [0.2, 0.25) is 0 Å². The second-order valence-corrected chi connectivity index (χ2v) is 6.33. The molecule has 3 heteroatoms. The van der Waals surface area contributed by atoms with E-state index in [0.29, 0.717) is 5.92 Å². The lowest BCUT2D eigenvalue weighted by Crippen LogP contribution is -2.22. The van der Waals surface area contributed by atoms with Crippen molar-refractivity contribution in [2.75, 3.05) is 6.54 Å². The fourth-order valence-electron chi connectivity index (χ4n) is 2.42. The number of hydrogen-bond acceptors (Lipinski definition) is 1. The summed E-state index contributed by atoms with van der Waals surface area (Å²) in [5.41, 5.74) is 3.57. The van der Waals surface area contributed by atoms with Crippen LogP contribution in [0, 0.1) is 5.82 Å². The third-order valence-electron chi connectivity index (χ3n) is 3.62. The van der Waals surface area contributed by atoms with Crippen LogP contribution in [-0.4, -0.2) is 6.54 Å². The molecule has 1 atom stereocenters. The van der Waals surface area contributed by atoms with Crippen molar-refractivity contribution in [3.8, 4) is 0 Å². The van der Waals surface area contributed by atoms with E-state index in [2.05, 4.69) is 66.3 Å². The summed E-state index contributed by atoms with van der Waals surface area (Å²) in [5.74, 6) is 0.297. The molecule has 0 amide bonds. The summed E-state index contributed by atoms with van der Waals surface area (Å²) in [7, 11) is 0. The van der Waals surface area contributed by atoms with Crippen LogP contribution in [0.3, 0.4) is 0 Å². The molecule has 0 aliphatic heterocycles. The van der Waals surface area contributed by atoms with Crippen LogP contribution in [0.4, 0.5) is 4.39 Å². The van der Waals surface area contributed by atoms with Crippen molar-refractivity contribution in [2.24, 2.45) is 0 Å². The van der Waals surface area contributed by atoms with Gasteiger partial charge in [0, 0.05) is 4.47 Å². The molecule has 0 aliphatic carbocycles. The molecule has 2 aromatic carbocycles. The van der Waals surface area contributed by atoms with Gasteiger partial charge in [-0.25, -0.2) is 4.39 Å². The second kappa shape index (κ2) is 7.19. The molecular formula is C18H21BrFN. The summed E-state index contributed by atoms with van der Waals surface area (Å²) in [5, 5.41) is 3.47. The van der Waals surface area contributed by atoms with Crippen molar-refractivity contribution < 1.29 is 4.39 Å². The Morgan fingerprint density at radius 2 is 1.67 bits per heavy atom. The minimum atomic E-state index is -0.226. The predicted octanol–water partition coefficient (Wildman–Crippen LogP) is 5.41. The molecule has 21 heavy (non-hydrogen) atoms. The lowest BCUT2D eigenvalue weighted by Gasteiger charge is -2.21. The third kappa shape index (κ3) is 3.92. The van der Waals surface area contributed by atoms with E-state index in [1.165, 1.54) is 23.3 Å². The minimum absolute atomic E-state index is 0.0613. The van der Waals surface area contributed by atoms with Gasteiger partial charge < -0.3 is 5.32 Å². The topological polar surface area (TPSA) is 12.0 Å². The number of benzene rings is 2. The molecule has 2 aromatic rings. The molecule has 0 bridgehead atoms. The van der Waals surface area contributed by atoms with E-state index in [9.17, 15) is 4.39 Å². The van der Waals surface area contributed by atoms with Gasteiger partial charge in [0.05, 0.1) is 6.04 Å². The van der Waals surface area contributed by atoms with Gasteiger partial charge >= 0.3 is 0 Å². The summed E-state index contributed by atoms with van der Waals surface area (Å²) < 4.78 is 14.1. The number of halogens is 2. The molecule has 1 N–H and O–H groups in total. The van der Waals surface area contributed by atoms with Crippen LogP contribution in [0.5, 0.6) is 0 Å². The van der Waals surface area contributed by atoms with E-state index in [4.69, 9.17) is 0 Å². The van der Waals surface area contributed by atoms with E-state index in [0.717, 1.165) is 16.6 Å². The van der Waals surface area contributed by atoms with Crippen LogP contribution in [0.15, 0.2) is 46.9 Å². The second-order valence-electron chi connectivity index (χ2n) is 5.48. The molecule has 0 saturated carbocycles. The zero-order valence-electron chi connectivity index (χ0n) is 12.7. The van der Waals surface area contributed by atoms with Gasteiger partial charge in [0.25, 0.3) is 0 Å². The highest BCUT2D eigenvalue weighted by Crippen LogP contribution is 2.30. The maximum absolute atomic E-state index is 13.3. The summed E-state index contributed by atoms with van der Waals surface area (Å²) in [6, 6.07) is 13.6. The molecule has 1 unspecified atom stereocenters. The zero-order valence-corrected chi connectivity index (χ0v) is 14.2. The van der Waals surface area contributed by atoms with E-state index in [1.807, 2.05) is 6.07 Å². The molecular weight excluding hydrogens is 329 g/mol. The fraction of sp³-hybridized carbons (Fsp3) is 0.333. The van der Waals surface area contributed by atoms with Crippen molar-refractivity contribution >= 4 is 15.9 Å². The molecule has 0 spiro atoms. The normalized spacial score (nSPS) is 12.7. The van der Waals surface area contributed by atoms with E-state index >= 15 is 0 Å². The minimum Gasteiger partial charge on any atom is -0.306 e. The maximum atomic E-state index is 13.3. The Morgan fingerprint density at radius 3 is 2.19 bits per heavy atom. The Hall–Kier alpha value is -1.19. The molecule has 0 aromatic heterocycles. The van der Waals surface area contributed by atoms with Gasteiger partial charge in [-0.15, -0.1) is 0 Å². The monoisotopic (exact) mass is 349 g/mol. The highest BCUT2D eigenvalue weighted by atomic mass is 79.9. The molecule has 0 aliphatic rings. The Bertz CT molecular complexity index is 593. The Kier molecular flexibility index (Phi) is 5.54. The fourth-order valence-corrected chi connectivity index (χ4v) is 3.00. The molecule has 0 saturated heterocycles. The van der Waals surface area contributed by atoms with Gasteiger partial charge in [0.15, 0.2) is 0 Å². The average Bonchev–Trinajstić information content (AvgIpc) is 2.46. The van der Waals surface area contributed by atoms with E-state index < -0.39 is 0 Å². The zero-order chi connectivity index (χ0) is 15.4. The number of rotatable bonds is 5. The van der Waals surface area contributed by atoms with E-state index in [1.54, 1.807) is 0 Å². The molecule has 2 rings (SSSR count). The van der Waals surface area contributed by atoms with Crippen LogP contribution in [0.25, 0.3) is 0 Å². The van der Waals surface area contributed by atoms with Crippen LogP contribution < -0.4 is 5.32 Å². The quantitative estimate of drug-likeness (QED) is 0.760. The van der Waals surface area contributed by atoms with Gasteiger partial charge in [-0.05, 0) is 41.3 Å². The standard InChI is InChI=1S/C18H21BrFN/c1-4-21-18(16-10-9-15(20)11-17(16)19)14-7-5-13(6-8-14)12(2)3/h5-12,18,21H,4H2,1-3H3. The summed E-state index contributed by atoms with van der Waals surface area (Å²) in [6.45, 7) is 7.30. The maximum Gasteiger partial charge on any atom is 0.124 e. The lowest BCUT2D eigenvalue weighted by molar-refractivity contribution is 0.610. The van der Waals surface area contributed by atoms with Crippen molar-refractivity contribution in [1.29, 1.82) is 0 Å². The van der Waals surface area contributed by atoms with Gasteiger partial charge in [-0.2, -0.15) is 0 Å².